The molecule has 2 aromatic rings. The molecule has 0 spiro atoms. The number of nitrogens with one attached hydrogen (secondary N) is 1. The van der Waals surface area contributed by atoms with Crippen molar-refractivity contribution in [2.45, 2.75) is 20.0 Å². The van der Waals surface area contributed by atoms with Crippen molar-refractivity contribution in [3.8, 4) is 5.75 Å². The third kappa shape index (κ3) is 3.90. The quantitative estimate of drug-likeness (QED) is 0.885. The molecule has 0 bridgehead atoms. The van der Waals surface area contributed by atoms with Crippen LogP contribution in [-0.4, -0.2) is 12.0 Å². The summed E-state index contributed by atoms with van der Waals surface area (Å²) in [7, 11) is 0. The second-order valence-corrected chi connectivity index (χ2v) is 5.39. The number of carbonyl (C=O) groups excluding carboxylic acids is 1. The number of hydrogen-bond donors (Lipinski definition) is 1. The Labute approximate surface area is 133 Å². The predicted octanol–water partition coefficient (Wildman–Crippen LogP) is 4.71. The van der Waals surface area contributed by atoms with Crippen molar-refractivity contribution >= 4 is 34.8 Å². The van der Waals surface area contributed by atoms with Gasteiger partial charge < -0.3 is 10.1 Å². The van der Waals surface area contributed by atoms with Crippen molar-refractivity contribution < 1.29 is 9.53 Å². The average molecular weight is 324 g/mol. The van der Waals surface area contributed by atoms with Crippen LogP contribution < -0.4 is 10.1 Å². The summed E-state index contributed by atoms with van der Waals surface area (Å²) in [5.74, 6) is 0.194. The molecule has 1 amide bonds. The second-order valence-electron chi connectivity index (χ2n) is 4.60. The Kier molecular flexibility index (Phi) is 5.10. The minimum Gasteiger partial charge on any atom is -0.479 e. The van der Waals surface area contributed by atoms with Crippen LogP contribution in [0.1, 0.15) is 12.5 Å². The van der Waals surface area contributed by atoms with E-state index in [2.05, 4.69) is 5.32 Å². The lowest BCUT2D eigenvalue weighted by Crippen LogP contribution is -2.30. The van der Waals surface area contributed by atoms with Gasteiger partial charge >= 0.3 is 0 Å². The Hall–Kier alpha value is -1.71. The first-order valence-corrected chi connectivity index (χ1v) is 7.22. The zero-order chi connectivity index (χ0) is 15.4. The first-order chi connectivity index (χ1) is 9.99. The second kappa shape index (κ2) is 6.83. The van der Waals surface area contributed by atoms with Crippen LogP contribution in [0.3, 0.4) is 0 Å². The van der Waals surface area contributed by atoms with E-state index in [0.717, 1.165) is 11.3 Å². The average Bonchev–Trinajstić information content (AvgIpc) is 2.48. The van der Waals surface area contributed by atoms with Crippen LogP contribution in [-0.2, 0) is 4.79 Å². The van der Waals surface area contributed by atoms with Crippen molar-refractivity contribution in [3.05, 3.63) is 58.1 Å². The minimum atomic E-state index is -0.678. The fourth-order valence-corrected chi connectivity index (χ4v) is 2.15. The zero-order valence-electron chi connectivity index (χ0n) is 11.7. The zero-order valence-corrected chi connectivity index (χ0v) is 13.2. The smallest absolute Gasteiger partial charge is 0.265 e. The molecular weight excluding hydrogens is 309 g/mol. The number of para-hydroxylation sites is 1. The van der Waals surface area contributed by atoms with Crippen molar-refractivity contribution in [1.29, 1.82) is 0 Å². The summed E-state index contributed by atoms with van der Waals surface area (Å²) in [5.41, 5.74) is 1.45. The summed E-state index contributed by atoms with van der Waals surface area (Å²) in [5, 5.41) is 3.76. The van der Waals surface area contributed by atoms with Gasteiger partial charge in [0.25, 0.3) is 5.91 Å². The summed E-state index contributed by atoms with van der Waals surface area (Å²) >= 11 is 12.1. The highest BCUT2D eigenvalue weighted by Gasteiger charge is 2.17. The van der Waals surface area contributed by atoms with Crippen LogP contribution in [0.5, 0.6) is 5.75 Å². The van der Waals surface area contributed by atoms with Gasteiger partial charge in [-0.2, -0.15) is 0 Å². The lowest BCUT2D eigenvalue weighted by Gasteiger charge is -2.16. The molecule has 2 aromatic carbocycles. The molecule has 1 N–H and O–H groups in total. The van der Waals surface area contributed by atoms with Crippen molar-refractivity contribution in [3.63, 3.8) is 0 Å². The molecule has 110 valence electrons. The van der Waals surface area contributed by atoms with Crippen molar-refractivity contribution in [1.82, 2.24) is 0 Å². The number of benzene rings is 2. The maximum Gasteiger partial charge on any atom is 0.265 e. The first kappa shape index (κ1) is 15.7. The molecule has 3 nitrogen and oxygen atoms in total. The van der Waals surface area contributed by atoms with E-state index in [9.17, 15) is 4.79 Å². The Balaban J connectivity index is 2.06. The van der Waals surface area contributed by atoms with Gasteiger partial charge in [-0.3, -0.25) is 4.79 Å². The summed E-state index contributed by atoms with van der Waals surface area (Å²) in [6.07, 6.45) is -0.678. The fourth-order valence-electron chi connectivity index (χ4n) is 1.74. The number of halogens is 2. The van der Waals surface area contributed by atoms with Crippen LogP contribution in [0.15, 0.2) is 42.5 Å². The molecule has 0 unspecified atom stereocenters. The molecule has 2 rings (SSSR count). The molecule has 0 fully saturated rings. The first-order valence-electron chi connectivity index (χ1n) is 6.46. The maximum absolute atomic E-state index is 12.1. The summed E-state index contributed by atoms with van der Waals surface area (Å²) in [6, 6.07) is 12.5. The summed E-state index contributed by atoms with van der Waals surface area (Å²) in [4.78, 5) is 12.1. The summed E-state index contributed by atoms with van der Waals surface area (Å²) in [6.45, 7) is 3.46. The molecule has 0 aromatic heterocycles. The maximum atomic E-state index is 12.1. The molecule has 21 heavy (non-hydrogen) atoms. The van der Waals surface area contributed by atoms with Crippen molar-refractivity contribution in [2.75, 3.05) is 5.32 Å². The van der Waals surface area contributed by atoms with Gasteiger partial charge in [0.1, 0.15) is 5.75 Å². The third-order valence-corrected chi connectivity index (χ3v) is 3.88. The third-order valence-electron chi connectivity index (χ3n) is 3.00. The minimum absolute atomic E-state index is 0.245. The van der Waals surface area contributed by atoms with Gasteiger partial charge in [-0.15, -0.1) is 0 Å². The van der Waals surface area contributed by atoms with Gasteiger partial charge in [0, 0.05) is 10.7 Å². The number of ether oxygens (including phenoxy) is 1. The van der Waals surface area contributed by atoms with Gasteiger partial charge in [-0.25, -0.2) is 0 Å². The molecular formula is C16H15Cl2NO2. The van der Waals surface area contributed by atoms with E-state index in [1.54, 1.807) is 26.0 Å². The molecule has 0 aliphatic carbocycles. The van der Waals surface area contributed by atoms with Crippen molar-refractivity contribution in [2.24, 2.45) is 0 Å². The lowest BCUT2D eigenvalue weighted by atomic mass is 10.2. The van der Waals surface area contributed by atoms with E-state index in [1.807, 2.05) is 30.3 Å². The highest BCUT2D eigenvalue weighted by atomic mass is 35.5. The van der Waals surface area contributed by atoms with Crippen LogP contribution in [0.2, 0.25) is 10.0 Å². The highest BCUT2D eigenvalue weighted by Crippen LogP contribution is 2.33. The molecule has 0 aliphatic heterocycles. The lowest BCUT2D eigenvalue weighted by molar-refractivity contribution is -0.122. The Morgan fingerprint density at radius 3 is 2.48 bits per heavy atom. The molecule has 0 saturated heterocycles. The normalized spacial score (nSPS) is 11.8. The van der Waals surface area contributed by atoms with E-state index in [0.29, 0.717) is 15.8 Å². The van der Waals surface area contributed by atoms with E-state index >= 15 is 0 Å². The van der Waals surface area contributed by atoms with Gasteiger partial charge in [-0.05, 0) is 43.7 Å². The number of anilines is 1. The van der Waals surface area contributed by atoms with E-state index in [1.165, 1.54) is 0 Å². The topological polar surface area (TPSA) is 38.3 Å². The van der Waals surface area contributed by atoms with E-state index < -0.39 is 6.10 Å². The van der Waals surface area contributed by atoms with Gasteiger partial charge in [0.05, 0.1) is 5.02 Å². The monoisotopic (exact) mass is 323 g/mol. The van der Waals surface area contributed by atoms with Crippen LogP contribution in [0.4, 0.5) is 5.69 Å². The Morgan fingerprint density at radius 2 is 1.81 bits per heavy atom. The number of hydrogen-bond acceptors (Lipinski definition) is 2. The van der Waals surface area contributed by atoms with E-state index in [4.69, 9.17) is 27.9 Å². The Bertz CT molecular complexity index is 644. The van der Waals surface area contributed by atoms with Gasteiger partial charge in [0.2, 0.25) is 0 Å². The van der Waals surface area contributed by atoms with Gasteiger partial charge in [0.15, 0.2) is 6.10 Å². The standard InChI is InChI=1S/C16H15Cl2NO2/c1-10-13(17)8-9-14(15(10)18)21-11(2)16(20)19-12-6-4-3-5-7-12/h3-9,11H,1-2H3,(H,19,20)/t11-/m0/s1. The van der Waals surface area contributed by atoms with Crippen LogP contribution >= 0.6 is 23.2 Å². The highest BCUT2D eigenvalue weighted by molar-refractivity contribution is 6.36. The SMILES string of the molecule is Cc1c(Cl)ccc(O[C@@H](C)C(=O)Nc2ccccc2)c1Cl. The summed E-state index contributed by atoms with van der Waals surface area (Å²) < 4.78 is 5.61. The predicted molar refractivity (Wildman–Crippen MR) is 86.4 cm³/mol. The fraction of sp³-hybridized carbons (Fsp3) is 0.188. The molecule has 0 heterocycles. The molecule has 1 atom stereocenters. The van der Waals surface area contributed by atoms with Gasteiger partial charge in [-0.1, -0.05) is 41.4 Å². The molecule has 0 saturated carbocycles. The molecule has 0 aliphatic rings. The Morgan fingerprint density at radius 1 is 1.14 bits per heavy atom. The molecule has 5 heteroatoms. The van der Waals surface area contributed by atoms with E-state index in [-0.39, 0.29) is 5.91 Å². The van der Waals surface area contributed by atoms with Crippen LogP contribution in [0, 0.1) is 6.92 Å². The largest absolute Gasteiger partial charge is 0.479 e. The number of amides is 1. The molecule has 0 radical (unpaired) electrons. The number of carbonyl (C=O) groups is 1. The number of rotatable bonds is 4. The van der Waals surface area contributed by atoms with Crippen LogP contribution in [0.25, 0.3) is 0 Å².